The summed E-state index contributed by atoms with van der Waals surface area (Å²) in [6.45, 7) is 13.3. The summed E-state index contributed by atoms with van der Waals surface area (Å²) >= 11 is 0. The Kier molecular flexibility index (Phi) is 12.6. The maximum absolute atomic E-state index is 13.7. The topological polar surface area (TPSA) is 166 Å². The van der Waals surface area contributed by atoms with E-state index in [4.69, 9.17) is 28.7 Å². The first-order chi connectivity index (χ1) is 24.7. The van der Waals surface area contributed by atoms with Crippen LogP contribution in [0.15, 0.2) is 63.2 Å². The molecule has 0 spiro atoms. The molecule has 0 unspecified atom stereocenters. The third-order valence-corrected chi connectivity index (χ3v) is 10.1. The molecular formula is C40H54N2O10. The molecule has 6 atom stereocenters. The summed E-state index contributed by atoms with van der Waals surface area (Å²) in [5.74, 6) is -1.46. The van der Waals surface area contributed by atoms with Crippen LogP contribution in [0, 0.1) is 17.3 Å². The van der Waals surface area contributed by atoms with Crippen molar-refractivity contribution in [3.05, 3.63) is 69.6 Å². The number of nitrogens with one attached hydrogen (secondary N) is 1. The summed E-state index contributed by atoms with van der Waals surface area (Å²) in [6, 6.07) is 3.27. The van der Waals surface area contributed by atoms with Crippen LogP contribution in [0.25, 0.3) is 0 Å². The van der Waals surface area contributed by atoms with Gasteiger partial charge in [-0.05, 0) is 93.2 Å². The molecule has 0 saturated carbocycles. The van der Waals surface area contributed by atoms with Gasteiger partial charge in [0, 0.05) is 30.4 Å². The van der Waals surface area contributed by atoms with Crippen LogP contribution in [-0.4, -0.2) is 95.9 Å². The van der Waals surface area contributed by atoms with Gasteiger partial charge < -0.3 is 38.9 Å². The number of carbonyl (C=O) groups is 3. The van der Waals surface area contributed by atoms with E-state index >= 15 is 0 Å². The van der Waals surface area contributed by atoms with E-state index in [1.54, 1.807) is 6.92 Å². The van der Waals surface area contributed by atoms with E-state index in [2.05, 4.69) is 31.8 Å². The molecule has 284 valence electrons. The van der Waals surface area contributed by atoms with E-state index in [0.29, 0.717) is 42.5 Å². The number of fused-ring (bicyclic) bond motifs is 6. The van der Waals surface area contributed by atoms with Crippen LogP contribution in [0.5, 0.6) is 0 Å². The normalized spacial score (nSPS) is 32.2. The molecule has 12 nitrogen and oxygen atoms in total. The average molecular weight is 723 g/mol. The molecule has 2 saturated heterocycles. The van der Waals surface area contributed by atoms with Crippen molar-refractivity contribution < 1.29 is 48.3 Å². The Morgan fingerprint density at radius 1 is 1.10 bits per heavy atom. The van der Waals surface area contributed by atoms with Crippen LogP contribution in [0.1, 0.15) is 85.5 Å². The number of hydrogen-bond donors (Lipinski definition) is 3. The Morgan fingerprint density at radius 3 is 2.56 bits per heavy atom. The van der Waals surface area contributed by atoms with Crippen LogP contribution < -0.4 is 0 Å². The number of rotatable bonds is 9. The Labute approximate surface area is 306 Å². The second-order valence-corrected chi connectivity index (χ2v) is 15.4. The Morgan fingerprint density at radius 2 is 1.87 bits per heavy atom. The van der Waals surface area contributed by atoms with Gasteiger partial charge in [0.2, 0.25) is 5.90 Å². The Hall–Kier alpha value is -4.00. The van der Waals surface area contributed by atoms with E-state index in [1.165, 1.54) is 6.92 Å². The van der Waals surface area contributed by atoms with Crippen LogP contribution in [0.4, 0.5) is 0 Å². The highest BCUT2D eigenvalue weighted by Gasteiger charge is 2.57. The van der Waals surface area contributed by atoms with Gasteiger partial charge in [0.05, 0.1) is 19.3 Å². The first-order valence-corrected chi connectivity index (χ1v) is 18.4. The molecule has 52 heavy (non-hydrogen) atoms. The smallest absolute Gasteiger partial charge is 0.334 e. The summed E-state index contributed by atoms with van der Waals surface area (Å²) in [4.78, 5) is 48.4. The SMILES string of the molecule is CC(CCCO)=C1CO[C@@H](CC(C)C)/C1=C\[C@H]1N=C2O[C@H]1COC(=O)/C(CC(C)C)=C/C(=O)O[C@@H]1[C@@H](OC(=O)[C@]1(C)CO)/C(C)=C/Cc1ccc2[nH]1. The quantitative estimate of drug-likeness (QED) is 0.182. The molecule has 4 aliphatic heterocycles. The maximum Gasteiger partial charge on any atom is 0.334 e. The molecule has 4 aliphatic rings. The third kappa shape index (κ3) is 8.78. The zero-order valence-electron chi connectivity index (χ0n) is 31.4. The molecule has 0 radical (unpaired) electrons. The van der Waals surface area contributed by atoms with Crippen LogP contribution in [0.2, 0.25) is 0 Å². The monoisotopic (exact) mass is 722 g/mol. The zero-order chi connectivity index (χ0) is 37.7. The minimum Gasteiger partial charge on any atom is -0.467 e. The number of aromatic amines is 1. The van der Waals surface area contributed by atoms with Gasteiger partial charge in [-0.3, -0.25) is 4.79 Å². The molecule has 12 heteroatoms. The number of cyclic esters (lactones) is 1. The Balaban J connectivity index is 1.55. The van der Waals surface area contributed by atoms with E-state index in [9.17, 15) is 24.6 Å². The second kappa shape index (κ2) is 16.8. The number of nitrogens with zero attached hydrogens (tertiary/aromatic N) is 1. The van der Waals surface area contributed by atoms with Gasteiger partial charge in [-0.2, -0.15) is 0 Å². The number of carbonyl (C=O) groups excluding carboxylic acids is 3. The van der Waals surface area contributed by atoms with Crippen molar-refractivity contribution in [3.8, 4) is 0 Å². The number of hydrogen-bond acceptors (Lipinski definition) is 11. The van der Waals surface area contributed by atoms with Gasteiger partial charge in [0.15, 0.2) is 18.3 Å². The fraction of sp³-hybridized carbons (Fsp3) is 0.600. The van der Waals surface area contributed by atoms with Gasteiger partial charge >= 0.3 is 17.9 Å². The molecular weight excluding hydrogens is 668 g/mol. The number of allylic oxidation sites excluding steroid dienone is 2. The predicted molar refractivity (Wildman–Crippen MR) is 193 cm³/mol. The fourth-order valence-corrected chi connectivity index (χ4v) is 7.01. The second-order valence-electron chi connectivity index (χ2n) is 15.4. The molecule has 0 amide bonds. The van der Waals surface area contributed by atoms with E-state index in [0.717, 1.165) is 41.3 Å². The highest BCUT2D eigenvalue weighted by molar-refractivity contribution is 5.97. The van der Waals surface area contributed by atoms with Gasteiger partial charge in [0.1, 0.15) is 23.8 Å². The van der Waals surface area contributed by atoms with Crippen molar-refractivity contribution in [2.45, 2.75) is 111 Å². The highest BCUT2D eigenvalue weighted by atomic mass is 16.6. The lowest BCUT2D eigenvalue weighted by molar-refractivity contribution is -0.153. The molecule has 2 fully saturated rings. The number of H-pyrrole nitrogens is 1. The summed E-state index contributed by atoms with van der Waals surface area (Å²) in [6.07, 6.45) is 5.08. The summed E-state index contributed by atoms with van der Waals surface area (Å²) in [5, 5.41) is 19.7. The van der Waals surface area contributed by atoms with Crippen LogP contribution >= 0.6 is 0 Å². The van der Waals surface area contributed by atoms with Crippen LogP contribution in [0.3, 0.4) is 0 Å². The van der Waals surface area contributed by atoms with Crippen molar-refractivity contribution in [2.75, 3.05) is 26.4 Å². The number of aliphatic hydroxyl groups excluding tert-OH is 2. The molecule has 4 bridgehead atoms. The van der Waals surface area contributed by atoms with Gasteiger partial charge in [-0.25, -0.2) is 14.6 Å². The summed E-state index contributed by atoms with van der Waals surface area (Å²) in [5.41, 5.74) is 4.03. The molecule has 5 heterocycles. The van der Waals surface area contributed by atoms with Crippen LogP contribution in [-0.2, 0) is 44.5 Å². The molecule has 1 aromatic rings. The molecule has 0 aromatic carbocycles. The first kappa shape index (κ1) is 39.2. The summed E-state index contributed by atoms with van der Waals surface area (Å²) in [7, 11) is 0. The van der Waals surface area contributed by atoms with Crippen molar-refractivity contribution in [1.29, 1.82) is 0 Å². The third-order valence-electron chi connectivity index (χ3n) is 10.1. The zero-order valence-corrected chi connectivity index (χ0v) is 31.4. The average Bonchev–Trinajstić information content (AvgIpc) is 3.87. The Bertz CT molecular complexity index is 1660. The number of aliphatic hydroxyl groups is 2. The van der Waals surface area contributed by atoms with Crippen molar-refractivity contribution in [1.82, 2.24) is 4.98 Å². The number of esters is 3. The summed E-state index contributed by atoms with van der Waals surface area (Å²) < 4.78 is 30.1. The van der Waals surface area contributed by atoms with E-state index < -0.39 is 54.3 Å². The van der Waals surface area contributed by atoms with Crippen molar-refractivity contribution >= 4 is 23.8 Å². The van der Waals surface area contributed by atoms with E-state index in [-0.39, 0.29) is 37.2 Å². The van der Waals surface area contributed by atoms with Gasteiger partial charge in [0.25, 0.3) is 0 Å². The largest absolute Gasteiger partial charge is 0.467 e. The lowest BCUT2D eigenvalue weighted by Crippen LogP contribution is -2.43. The number of aliphatic imine (C=N–C) groups is 1. The predicted octanol–water partition coefficient (Wildman–Crippen LogP) is 4.84. The lowest BCUT2D eigenvalue weighted by atomic mass is 9.83. The van der Waals surface area contributed by atoms with E-state index in [1.807, 2.05) is 32.1 Å². The first-order valence-electron chi connectivity index (χ1n) is 18.4. The fourth-order valence-electron chi connectivity index (χ4n) is 7.01. The van der Waals surface area contributed by atoms with Gasteiger partial charge in [-0.1, -0.05) is 39.3 Å². The minimum atomic E-state index is -1.49. The number of ether oxygens (including phenoxy) is 5. The molecule has 0 aliphatic carbocycles. The highest BCUT2D eigenvalue weighted by Crippen LogP contribution is 2.40. The van der Waals surface area contributed by atoms with Crippen molar-refractivity contribution in [2.24, 2.45) is 22.2 Å². The molecule has 1 aromatic heterocycles. The van der Waals surface area contributed by atoms with Crippen molar-refractivity contribution in [3.63, 3.8) is 0 Å². The van der Waals surface area contributed by atoms with Gasteiger partial charge in [-0.15, -0.1) is 0 Å². The minimum absolute atomic E-state index is 0.00163. The molecule has 5 rings (SSSR count). The maximum atomic E-state index is 13.7. The standard InChI is InChI=1S/C40H54N2O10/c1-22(2)15-26-17-34(45)51-36-35(52-39(47)40(36,7)21-44)25(6)10-11-27-12-13-30(41-27)37-42-31(33(50-37)20-49-38(26)46)18-28-29(24(5)9-8-14-43)19-48-32(28)16-23(3)4/h10,12-13,17-18,22-23,31-33,35-36,41,43-44H,8-9,11,14-16,19-21H2,1-7H3/b25-10+,26-17+,28-18-,29-24?/t31-,32+,33+,35+,36-,40-/m1/s1. The lowest BCUT2D eigenvalue weighted by Gasteiger charge is -2.27. The molecule has 3 N–H and O–H groups in total. The number of aromatic nitrogens is 1.